The highest BCUT2D eigenvalue weighted by atomic mass is 35.5. The first kappa shape index (κ1) is 15.9. The van der Waals surface area contributed by atoms with Crippen molar-refractivity contribution in [2.24, 2.45) is 0 Å². The van der Waals surface area contributed by atoms with Gasteiger partial charge in [0.05, 0.1) is 0 Å². The molecule has 0 spiro atoms. The van der Waals surface area contributed by atoms with Crippen molar-refractivity contribution in [3.8, 4) is 5.75 Å². The SMILES string of the molecule is Cl.c1ccc(COc2ccccc2CNc2ncn[nH]2)cc1. The Morgan fingerprint density at radius 3 is 2.55 bits per heavy atom. The van der Waals surface area contributed by atoms with E-state index in [-0.39, 0.29) is 12.4 Å². The Balaban J connectivity index is 0.00000176. The summed E-state index contributed by atoms with van der Waals surface area (Å²) in [5.41, 5.74) is 2.22. The van der Waals surface area contributed by atoms with Crippen molar-refractivity contribution >= 4 is 18.4 Å². The summed E-state index contributed by atoms with van der Waals surface area (Å²) < 4.78 is 5.91. The highest BCUT2D eigenvalue weighted by Gasteiger charge is 2.04. The molecule has 5 nitrogen and oxygen atoms in total. The van der Waals surface area contributed by atoms with Crippen molar-refractivity contribution in [2.75, 3.05) is 5.32 Å². The second-order valence-corrected chi connectivity index (χ2v) is 4.57. The van der Waals surface area contributed by atoms with Crippen LogP contribution in [-0.4, -0.2) is 15.2 Å². The highest BCUT2D eigenvalue weighted by molar-refractivity contribution is 5.85. The first-order valence-corrected chi connectivity index (χ1v) is 6.76. The third-order valence-electron chi connectivity index (χ3n) is 3.07. The molecule has 3 aromatic rings. The van der Waals surface area contributed by atoms with Gasteiger partial charge in [-0.2, -0.15) is 5.10 Å². The Bertz CT molecular complexity index is 674. The molecule has 0 bridgehead atoms. The number of anilines is 1. The van der Waals surface area contributed by atoms with Crippen molar-refractivity contribution < 1.29 is 4.74 Å². The topological polar surface area (TPSA) is 62.8 Å². The van der Waals surface area contributed by atoms with E-state index < -0.39 is 0 Å². The van der Waals surface area contributed by atoms with Crippen LogP contribution in [0.2, 0.25) is 0 Å². The van der Waals surface area contributed by atoms with Crippen LogP contribution in [0.4, 0.5) is 5.95 Å². The number of H-pyrrole nitrogens is 1. The standard InChI is InChI=1S/C16H16N4O.ClH/c1-2-6-13(7-3-1)11-21-15-9-5-4-8-14(15)10-17-16-18-12-19-20-16;/h1-9,12H,10-11H2,(H2,17,18,19,20);1H. The maximum Gasteiger partial charge on any atom is 0.218 e. The van der Waals surface area contributed by atoms with E-state index in [1.165, 1.54) is 6.33 Å². The number of nitrogens with zero attached hydrogens (tertiary/aromatic N) is 2. The Kier molecular flexibility index (Phi) is 5.80. The molecular weight excluding hydrogens is 300 g/mol. The van der Waals surface area contributed by atoms with E-state index in [9.17, 15) is 0 Å². The van der Waals surface area contributed by atoms with Gasteiger partial charge in [0, 0.05) is 12.1 Å². The monoisotopic (exact) mass is 316 g/mol. The highest BCUT2D eigenvalue weighted by Crippen LogP contribution is 2.20. The van der Waals surface area contributed by atoms with Gasteiger partial charge in [-0.3, -0.25) is 0 Å². The largest absolute Gasteiger partial charge is 0.489 e. The number of hydrogen-bond donors (Lipinski definition) is 2. The van der Waals surface area contributed by atoms with Crippen LogP contribution in [0.1, 0.15) is 11.1 Å². The number of para-hydroxylation sites is 1. The van der Waals surface area contributed by atoms with Crippen LogP contribution in [0.5, 0.6) is 5.75 Å². The first-order chi connectivity index (χ1) is 10.4. The van der Waals surface area contributed by atoms with Crippen molar-refractivity contribution in [3.63, 3.8) is 0 Å². The summed E-state index contributed by atoms with van der Waals surface area (Å²) in [4.78, 5) is 4.04. The third-order valence-corrected chi connectivity index (χ3v) is 3.07. The number of aromatic nitrogens is 3. The molecule has 0 radical (unpaired) electrons. The van der Waals surface area contributed by atoms with Crippen molar-refractivity contribution in [3.05, 3.63) is 72.1 Å². The molecule has 0 atom stereocenters. The van der Waals surface area contributed by atoms with Gasteiger partial charge in [0.15, 0.2) is 0 Å². The van der Waals surface area contributed by atoms with Gasteiger partial charge in [0.25, 0.3) is 0 Å². The molecule has 1 aromatic heterocycles. The molecule has 0 aliphatic rings. The summed E-state index contributed by atoms with van der Waals surface area (Å²) in [5.74, 6) is 1.52. The van der Waals surface area contributed by atoms with Crippen molar-refractivity contribution in [1.29, 1.82) is 0 Å². The minimum absolute atomic E-state index is 0. The van der Waals surface area contributed by atoms with Crippen molar-refractivity contribution in [2.45, 2.75) is 13.2 Å². The normalized spacial score (nSPS) is 9.82. The molecule has 3 rings (SSSR count). The number of aromatic amines is 1. The Morgan fingerprint density at radius 2 is 1.77 bits per heavy atom. The van der Waals surface area contributed by atoms with E-state index in [0.717, 1.165) is 16.9 Å². The Labute approximate surface area is 135 Å². The van der Waals surface area contributed by atoms with Gasteiger partial charge >= 0.3 is 0 Å². The van der Waals surface area contributed by atoms with Crippen molar-refractivity contribution in [1.82, 2.24) is 15.2 Å². The predicted octanol–water partition coefficient (Wildman–Crippen LogP) is 3.42. The lowest BCUT2D eigenvalue weighted by molar-refractivity contribution is 0.303. The quantitative estimate of drug-likeness (QED) is 0.731. The molecule has 0 aliphatic carbocycles. The van der Waals surface area contributed by atoms with Crippen LogP contribution in [0.25, 0.3) is 0 Å². The molecular formula is C16H17ClN4O. The molecule has 2 N–H and O–H groups in total. The maximum absolute atomic E-state index is 5.91. The lowest BCUT2D eigenvalue weighted by Gasteiger charge is -2.11. The zero-order valence-electron chi connectivity index (χ0n) is 11.9. The van der Waals surface area contributed by atoms with E-state index >= 15 is 0 Å². The maximum atomic E-state index is 5.91. The number of rotatable bonds is 6. The third kappa shape index (κ3) is 4.23. The molecule has 0 saturated heterocycles. The summed E-state index contributed by atoms with van der Waals surface area (Å²) in [6, 6.07) is 18.1. The van der Waals surface area contributed by atoms with E-state index in [1.54, 1.807) is 0 Å². The number of nitrogens with one attached hydrogen (secondary N) is 2. The molecule has 0 saturated carbocycles. The summed E-state index contributed by atoms with van der Waals surface area (Å²) in [6.45, 7) is 1.18. The first-order valence-electron chi connectivity index (χ1n) is 6.76. The van der Waals surface area contributed by atoms with Gasteiger partial charge in [-0.15, -0.1) is 12.4 Å². The lowest BCUT2D eigenvalue weighted by atomic mass is 10.2. The van der Waals surface area contributed by atoms with Crippen LogP contribution in [0.15, 0.2) is 60.9 Å². The molecule has 114 valence electrons. The molecule has 0 fully saturated rings. The van der Waals surface area contributed by atoms with Gasteiger partial charge in [-0.05, 0) is 11.6 Å². The summed E-state index contributed by atoms with van der Waals surface area (Å²) in [6.07, 6.45) is 1.47. The lowest BCUT2D eigenvalue weighted by Crippen LogP contribution is -2.04. The molecule has 6 heteroatoms. The molecule has 0 aliphatic heterocycles. The average Bonchev–Trinajstić information content (AvgIpc) is 3.06. The van der Waals surface area contributed by atoms with Crippen LogP contribution in [0.3, 0.4) is 0 Å². The van der Waals surface area contributed by atoms with Gasteiger partial charge in [-0.25, -0.2) is 10.1 Å². The molecule has 1 heterocycles. The smallest absolute Gasteiger partial charge is 0.218 e. The molecule has 0 unspecified atom stereocenters. The second kappa shape index (κ2) is 8.05. The fourth-order valence-corrected chi connectivity index (χ4v) is 2.00. The van der Waals surface area contributed by atoms with E-state index in [1.807, 2.05) is 42.5 Å². The zero-order chi connectivity index (χ0) is 14.3. The van der Waals surface area contributed by atoms with Crippen LogP contribution in [0, 0.1) is 0 Å². The summed E-state index contributed by atoms with van der Waals surface area (Å²) in [7, 11) is 0. The second-order valence-electron chi connectivity index (χ2n) is 4.57. The predicted molar refractivity (Wildman–Crippen MR) is 88.2 cm³/mol. The fraction of sp³-hybridized carbons (Fsp3) is 0.125. The molecule has 0 amide bonds. The minimum Gasteiger partial charge on any atom is -0.489 e. The number of benzene rings is 2. The Morgan fingerprint density at radius 1 is 1.00 bits per heavy atom. The fourth-order valence-electron chi connectivity index (χ4n) is 2.00. The zero-order valence-corrected chi connectivity index (χ0v) is 12.7. The number of hydrogen-bond acceptors (Lipinski definition) is 4. The van der Waals surface area contributed by atoms with Gasteiger partial charge in [-0.1, -0.05) is 48.5 Å². The van der Waals surface area contributed by atoms with E-state index in [4.69, 9.17) is 4.74 Å². The average molecular weight is 317 g/mol. The van der Waals surface area contributed by atoms with Crippen LogP contribution < -0.4 is 10.1 Å². The van der Waals surface area contributed by atoms with E-state index in [0.29, 0.717) is 19.1 Å². The Hall–Kier alpha value is -2.53. The minimum atomic E-state index is 0. The van der Waals surface area contributed by atoms with Crippen LogP contribution in [-0.2, 0) is 13.2 Å². The summed E-state index contributed by atoms with van der Waals surface area (Å²) >= 11 is 0. The summed E-state index contributed by atoms with van der Waals surface area (Å²) in [5, 5.41) is 9.75. The number of halogens is 1. The van der Waals surface area contributed by atoms with Gasteiger partial charge < -0.3 is 10.1 Å². The van der Waals surface area contributed by atoms with Gasteiger partial charge in [0.2, 0.25) is 5.95 Å². The van der Waals surface area contributed by atoms with Gasteiger partial charge in [0.1, 0.15) is 18.7 Å². The molecule has 22 heavy (non-hydrogen) atoms. The van der Waals surface area contributed by atoms with E-state index in [2.05, 4.69) is 32.6 Å². The van der Waals surface area contributed by atoms with Crippen LogP contribution >= 0.6 is 12.4 Å². The molecule has 2 aromatic carbocycles. The number of ether oxygens (including phenoxy) is 1.